The molecule has 0 aliphatic carbocycles. The monoisotopic (exact) mass is 407 g/mol. The lowest BCUT2D eigenvalue weighted by Gasteiger charge is -2.11. The second kappa shape index (κ2) is 9.20. The van der Waals surface area contributed by atoms with Crippen LogP contribution in [-0.4, -0.2) is 41.0 Å². The first kappa shape index (κ1) is 21.2. The molecule has 2 rings (SSSR count). The molecule has 9 nitrogen and oxygen atoms in total. The molecule has 2 aromatic carbocycles. The molecule has 2 aromatic rings. The number of sulfonamides is 1. The number of hydrogen-bond acceptors (Lipinski definition) is 6. The molecule has 0 atom stereocenters. The fourth-order valence-electron chi connectivity index (χ4n) is 2.27. The van der Waals surface area contributed by atoms with Crippen LogP contribution in [-0.2, 0) is 19.6 Å². The topological polar surface area (TPSA) is 123 Å². The molecule has 0 heterocycles. The highest BCUT2D eigenvalue weighted by Gasteiger charge is 2.18. The smallest absolute Gasteiger partial charge is 0.241 e. The van der Waals surface area contributed by atoms with E-state index >= 15 is 0 Å². The van der Waals surface area contributed by atoms with Crippen LogP contribution in [0.3, 0.4) is 0 Å². The molecule has 0 saturated carbocycles. The van der Waals surface area contributed by atoms with Gasteiger partial charge in [-0.05, 0) is 36.4 Å². The lowest BCUT2D eigenvalue weighted by Crippen LogP contribution is -2.32. The molecule has 2 amide bonds. The summed E-state index contributed by atoms with van der Waals surface area (Å²) in [5.41, 5.74) is 1.05. The molecule has 0 radical (unpaired) electrons. The molecule has 0 aliphatic heterocycles. The summed E-state index contributed by atoms with van der Waals surface area (Å²) in [6, 6.07) is 10.5. The van der Waals surface area contributed by atoms with Gasteiger partial charge in [-0.1, -0.05) is 0 Å². The number of amides is 2. The number of carbonyl (C=O) groups is 2. The van der Waals surface area contributed by atoms with Gasteiger partial charge < -0.3 is 20.1 Å². The third-order valence-corrected chi connectivity index (χ3v) is 4.98. The van der Waals surface area contributed by atoms with Crippen molar-refractivity contribution in [3.63, 3.8) is 0 Å². The Kier molecular flexibility index (Phi) is 6.96. The standard InChI is InChI=1S/C18H21N3O6S/c1-12(22)20-13-4-6-14(7-5-13)21-18(23)11-19-28(24,25)15-8-9-16(26-2)17(10-15)27-3/h4-10,19H,11H2,1-3H3,(H,20,22)(H,21,23). The fraction of sp³-hybridized carbons (Fsp3) is 0.222. The van der Waals surface area contributed by atoms with Gasteiger partial charge in [0.25, 0.3) is 0 Å². The summed E-state index contributed by atoms with van der Waals surface area (Å²) in [7, 11) is -1.08. The van der Waals surface area contributed by atoms with E-state index in [0.717, 1.165) is 0 Å². The number of benzene rings is 2. The van der Waals surface area contributed by atoms with E-state index in [2.05, 4.69) is 15.4 Å². The third kappa shape index (κ3) is 5.69. The summed E-state index contributed by atoms with van der Waals surface area (Å²) in [6.45, 7) is 0.935. The summed E-state index contributed by atoms with van der Waals surface area (Å²) in [5, 5.41) is 5.17. The molecule has 0 aromatic heterocycles. The van der Waals surface area contributed by atoms with E-state index < -0.39 is 22.5 Å². The normalized spacial score (nSPS) is 10.8. The quantitative estimate of drug-likeness (QED) is 0.611. The summed E-state index contributed by atoms with van der Waals surface area (Å²) in [6.07, 6.45) is 0. The van der Waals surface area contributed by atoms with Crippen LogP contribution in [0.15, 0.2) is 47.4 Å². The lowest BCUT2D eigenvalue weighted by molar-refractivity contribution is -0.115. The highest BCUT2D eigenvalue weighted by Crippen LogP contribution is 2.29. The van der Waals surface area contributed by atoms with E-state index in [-0.39, 0.29) is 16.6 Å². The summed E-state index contributed by atoms with van der Waals surface area (Å²) < 4.78 is 37.1. The molecule has 0 fully saturated rings. The molecule has 0 aliphatic rings. The molecule has 0 unspecified atom stereocenters. The molecule has 150 valence electrons. The minimum absolute atomic E-state index is 0.0578. The number of anilines is 2. The highest BCUT2D eigenvalue weighted by molar-refractivity contribution is 7.89. The maximum atomic E-state index is 12.4. The maximum Gasteiger partial charge on any atom is 0.241 e. The number of nitrogens with one attached hydrogen (secondary N) is 3. The van der Waals surface area contributed by atoms with Gasteiger partial charge in [-0.25, -0.2) is 13.1 Å². The third-order valence-electron chi connectivity index (χ3n) is 3.58. The van der Waals surface area contributed by atoms with Crippen molar-refractivity contribution in [3.8, 4) is 11.5 Å². The Labute approximate surface area is 163 Å². The summed E-state index contributed by atoms with van der Waals surface area (Å²) in [4.78, 5) is 23.0. The Balaban J connectivity index is 1.98. The van der Waals surface area contributed by atoms with Crippen LogP contribution in [0, 0.1) is 0 Å². The van der Waals surface area contributed by atoms with Gasteiger partial charge in [0.1, 0.15) is 0 Å². The van der Waals surface area contributed by atoms with Crippen molar-refractivity contribution in [1.29, 1.82) is 0 Å². The number of rotatable bonds is 8. The highest BCUT2D eigenvalue weighted by atomic mass is 32.2. The van der Waals surface area contributed by atoms with Crippen molar-refractivity contribution in [2.24, 2.45) is 0 Å². The van der Waals surface area contributed by atoms with Crippen molar-refractivity contribution in [3.05, 3.63) is 42.5 Å². The zero-order chi connectivity index (χ0) is 20.7. The second-order valence-corrected chi connectivity index (χ2v) is 7.42. The fourth-order valence-corrected chi connectivity index (χ4v) is 3.27. The van der Waals surface area contributed by atoms with Crippen molar-refractivity contribution in [2.45, 2.75) is 11.8 Å². The predicted octanol–water partition coefficient (Wildman–Crippen LogP) is 1.58. The zero-order valence-corrected chi connectivity index (χ0v) is 16.4. The minimum atomic E-state index is -3.92. The van der Waals surface area contributed by atoms with Gasteiger partial charge in [-0.3, -0.25) is 9.59 Å². The summed E-state index contributed by atoms with van der Waals surface area (Å²) >= 11 is 0. The van der Waals surface area contributed by atoms with E-state index in [9.17, 15) is 18.0 Å². The van der Waals surface area contributed by atoms with Crippen LogP contribution in [0.25, 0.3) is 0 Å². The van der Waals surface area contributed by atoms with E-state index in [0.29, 0.717) is 17.1 Å². The number of hydrogen-bond donors (Lipinski definition) is 3. The Bertz CT molecular complexity index is 958. The Morgan fingerprint density at radius 3 is 2.00 bits per heavy atom. The number of carbonyl (C=O) groups excluding carboxylic acids is 2. The average molecular weight is 407 g/mol. The van der Waals surface area contributed by atoms with Crippen LogP contribution >= 0.6 is 0 Å². The SMILES string of the molecule is COc1ccc(S(=O)(=O)NCC(=O)Nc2ccc(NC(C)=O)cc2)cc1OC. The largest absolute Gasteiger partial charge is 0.493 e. The minimum Gasteiger partial charge on any atom is -0.493 e. The maximum absolute atomic E-state index is 12.4. The van der Waals surface area contributed by atoms with Crippen molar-refractivity contribution >= 4 is 33.2 Å². The van der Waals surface area contributed by atoms with Crippen molar-refractivity contribution in [2.75, 3.05) is 31.4 Å². The van der Waals surface area contributed by atoms with Crippen molar-refractivity contribution < 1.29 is 27.5 Å². The number of methoxy groups -OCH3 is 2. The van der Waals surface area contributed by atoms with Gasteiger partial charge in [-0.15, -0.1) is 0 Å². The lowest BCUT2D eigenvalue weighted by atomic mass is 10.2. The first-order chi connectivity index (χ1) is 13.2. The van der Waals surface area contributed by atoms with Gasteiger partial charge in [0, 0.05) is 24.4 Å². The van der Waals surface area contributed by atoms with Gasteiger partial charge in [0.2, 0.25) is 21.8 Å². The molecular formula is C18H21N3O6S. The molecule has 3 N–H and O–H groups in total. The second-order valence-electron chi connectivity index (χ2n) is 5.65. The van der Waals surface area contributed by atoms with E-state index in [1.165, 1.54) is 39.3 Å². The number of ether oxygens (including phenoxy) is 2. The summed E-state index contributed by atoms with van der Waals surface area (Å²) in [5.74, 6) is -0.103. The zero-order valence-electron chi connectivity index (χ0n) is 15.6. The Morgan fingerprint density at radius 2 is 1.46 bits per heavy atom. The Morgan fingerprint density at radius 1 is 0.893 bits per heavy atom. The van der Waals surface area contributed by atoms with Crippen LogP contribution < -0.4 is 24.8 Å². The molecule has 0 bridgehead atoms. The van der Waals surface area contributed by atoms with E-state index in [1.807, 2.05) is 0 Å². The van der Waals surface area contributed by atoms with E-state index in [1.54, 1.807) is 24.3 Å². The average Bonchev–Trinajstić information content (AvgIpc) is 2.67. The molecule has 0 spiro atoms. The van der Waals surface area contributed by atoms with Gasteiger partial charge in [-0.2, -0.15) is 0 Å². The first-order valence-electron chi connectivity index (χ1n) is 8.14. The molecule has 0 saturated heterocycles. The molecular weight excluding hydrogens is 386 g/mol. The van der Waals surface area contributed by atoms with Crippen LogP contribution in [0.1, 0.15) is 6.92 Å². The van der Waals surface area contributed by atoms with Gasteiger partial charge in [0.05, 0.1) is 25.7 Å². The molecule has 28 heavy (non-hydrogen) atoms. The predicted molar refractivity (Wildman–Crippen MR) is 104 cm³/mol. The van der Waals surface area contributed by atoms with E-state index in [4.69, 9.17) is 9.47 Å². The van der Waals surface area contributed by atoms with Gasteiger partial charge in [0.15, 0.2) is 11.5 Å². The Hall–Kier alpha value is -3.11. The van der Waals surface area contributed by atoms with Crippen LogP contribution in [0.4, 0.5) is 11.4 Å². The van der Waals surface area contributed by atoms with Crippen LogP contribution in [0.2, 0.25) is 0 Å². The van der Waals surface area contributed by atoms with Crippen LogP contribution in [0.5, 0.6) is 11.5 Å². The first-order valence-corrected chi connectivity index (χ1v) is 9.62. The van der Waals surface area contributed by atoms with Gasteiger partial charge >= 0.3 is 0 Å². The van der Waals surface area contributed by atoms with Crippen molar-refractivity contribution in [1.82, 2.24) is 4.72 Å². The molecule has 10 heteroatoms.